The van der Waals surface area contributed by atoms with E-state index >= 15 is 0 Å². The minimum absolute atomic E-state index is 0.0700. The Kier molecular flexibility index (Phi) is 4.61. The van der Waals surface area contributed by atoms with Crippen LogP contribution in [0, 0.1) is 11.6 Å². The topological polar surface area (TPSA) is 33.1 Å². The molecule has 100 valence electrons. The first kappa shape index (κ1) is 14.1. The van der Waals surface area contributed by atoms with Gasteiger partial charge >= 0.3 is 0 Å². The lowest BCUT2D eigenvalue weighted by molar-refractivity contribution is 0.172. The molecule has 0 aliphatic carbocycles. The molecule has 1 aromatic carbocycles. The van der Waals surface area contributed by atoms with Crippen LogP contribution in [0.3, 0.4) is 0 Å². The lowest BCUT2D eigenvalue weighted by atomic mass is 10.0. The van der Waals surface area contributed by atoms with Crippen LogP contribution in [0.1, 0.15) is 11.1 Å². The second kappa shape index (κ2) is 6.21. The number of hydrogen-bond acceptors (Lipinski definition) is 2. The maximum Gasteiger partial charge on any atom is 0.143 e. The van der Waals surface area contributed by atoms with E-state index < -0.39 is 17.7 Å². The molecule has 19 heavy (non-hydrogen) atoms. The first-order valence-electron chi connectivity index (χ1n) is 5.77. The number of rotatable bonds is 4. The van der Waals surface area contributed by atoms with E-state index in [-0.39, 0.29) is 16.5 Å². The molecule has 5 heteroatoms. The molecule has 0 aliphatic heterocycles. The molecule has 2 aromatic rings. The highest BCUT2D eigenvalue weighted by molar-refractivity contribution is 9.10. The van der Waals surface area contributed by atoms with Crippen molar-refractivity contribution in [3.8, 4) is 0 Å². The van der Waals surface area contributed by atoms with Crippen LogP contribution < -0.4 is 0 Å². The zero-order valence-electron chi connectivity index (χ0n) is 9.98. The second-order valence-corrected chi connectivity index (χ2v) is 5.09. The van der Waals surface area contributed by atoms with E-state index in [1.807, 2.05) is 0 Å². The van der Waals surface area contributed by atoms with Gasteiger partial charge in [0.15, 0.2) is 0 Å². The molecule has 2 rings (SSSR count). The molecule has 1 heterocycles. The summed E-state index contributed by atoms with van der Waals surface area (Å²) in [5, 5.41) is 9.93. The normalized spacial score (nSPS) is 12.4. The van der Waals surface area contributed by atoms with Gasteiger partial charge in [-0.15, -0.1) is 0 Å². The van der Waals surface area contributed by atoms with Crippen molar-refractivity contribution >= 4 is 15.9 Å². The minimum Gasteiger partial charge on any atom is -0.392 e. The summed E-state index contributed by atoms with van der Waals surface area (Å²) >= 11 is 3.01. The van der Waals surface area contributed by atoms with Crippen LogP contribution in [-0.4, -0.2) is 16.2 Å². The number of benzene rings is 1. The number of aliphatic hydroxyl groups excluding tert-OH is 1. The molecule has 0 fully saturated rings. The zero-order chi connectivity index (χ0) is 13.8. The fraction of sp³-hybridized carbons (Fsp3) is 0.214. The molecule has 0 spiro atoms. The van der Waals surface area contributed by atoms with Gasteiger partial charge in [-0.1, -0.05) is 0 Å². The lowest BCUT2D eigenvalue weighted by Gasteiger charge is -2.12. The predicted molar refractivity (Wildman–Crippen MR) is 71.7 cm³/mol. The molecule has 0 radical (unpaired) electrons. The van der Waals surface area contributed by atoms with Crippen molar-refractivity contribution in [3.05, 3.63) is 63.9 Å². The molecule has 0 bridgehead atoms. The van der Waals surface area contributed by atoms with Gasteiger partial charge in [0.25, 0.3) is 0 Å². The van der Waals surface area contributed by atoms with Crippen LogP contribution in [0.15, 0.2) is 41.1 Å². The monoisotopic (exact) mass is 327 g/mol. The summed E-state index contributed by atoms with van der Waals surface area (Å²) < 4.78 is 27.5. The van der Waals surface area contributed by atoms with Crippen LogP contribution >= 0.6 is 15.9 Å². The van der Waals surface area contributed by atoms with E-state index in [0.29, 0.717) is 6.42 Å². The highest BCUT2D eigenvalue weighted by atomic mass is 79.9. The Hall–Kier alpha value is -1.33. The van der Waals surface area contributed by atoms with Crippen molar-refractivity contribution in [2.75, 3.05) is 0 Å². The summed E-state index contributed by atoms with van der Waals surface area (Å²) in [6.07, 6.45) is 2.64. The Morgan fingerprint density at radius 1 is 1.11 bits per heavy atom. The van der Waals surface area contributed by atoms with E-state index in [1.54, 1.807) is 24.5 Å². The van der Waals surface area contributed by atoms with Gasteiger partial charge in [-0.25, -0.2) is 8.78 Å². The first-order valence-corrected chi connectivity index (χ1v) is 6.56. The Labute approximate surface area is 118 Å². The molecule has 1 unspecified atom stereocenters. The Bertz CT molecular complexity index is 563. The fourth-order valence-electron chi connectivity index (χ4n) is 1.85. The van der Waals surface area contributed by atoms with Crippen LogP contribution in [0.4, 0.5) is 8.78 Å². The van der Waals surface area contributed by atoms with E-state index in [0.717, 1.165) is 5.56 Å². The molecule has 1 atom stereocenters. The summed E-state index contributed by atoms with van der Waals surface area (Å²) in [6.45, 7) is 0. The van der Waals surface area contributed by atoms with Gasteiger partial charge in [-0.05, 0) is 52.2 Å². The van der Waals surface area contributed by atoms with Crippen molar-refractivity contribution in [1.29, 1.82) is 0 Å². The molecule has 0 saturated heterocycles. The molecule has 0 amide bonds. The maximum atomic E-state index is 13.8. The number of pyridine rings is 1. The van der Waals surface area contributed by atoms with E-state index in [4.69, 9.17) is 0 Å². The van der Waals surface area contributed by atoms with Crippen LogP contribution in [0.25, 0.3) is 0 Å². The van der Waals surface area contributed by atoms with Crippen LogP contribution in [0.2, 0.25) is 0 Å². The summed E-state index contributed by atoms with van der Waals surface area (Å²) in [7, 11) is 0. The van der Waals surface area contributed by atoms with Crippen molar-refractivity contribution in [1.82, 2.24) is 4.98 Å². The zero-order valence-corrected chi connectivity index (χ0v) is 11.6. The molecule has 0 saturated carbocycles. The van der Waals surface area contributed by atoms with Gasteiger partial charge in [-0.2, -0.15) is 0 Å². The van der Waals surface area contributed by atoms with Crippen molar-refractivity contribution in [2.45, 2.75) is 18.9 Å². The van der Waals surface area contributed by atoms with Crippen LogP contribution in [0.5, 0.6) is 0 Å². The molecular weight excluding hydrogens is 316 g/mol. The largest absolute Gasteiger partial charge is 0.392 e. The van der Waals surface area contributed by atoms with Gasteiger partial charge in [0.2, 0.25) is 0 Å². The van der Waals surface area contributed by atoms with E-state index in [2.05, 4.69) is 20.9 Å². The Morgan fingerprint density at radius 3 is 2.47 bits per heavy atom. The predicted octanol–water partition coefficient (Wildman–Crippen LogP) is 3.27. The standard InChI is InChI=1S/C14H12BrF2NO/c15-12-1-2-13(16)11(14(12)17)8-10(19)7-9-3-5-18-6-4-9/h1-6,10,19H,7-8H2. The number of halogens is 3. The fourth-order valence-corrected chi connectivity index (χ4v) is 2.23. The van der Waals surface area contributed by atoms with Crippen molar-refractivity contribution in [2.24, 2.45) is 0 Å². The third kappa shape index (κ3) is 3.58. The smallest absolute Gasteiger partial charge is 0.143 e. The number of aliphatic hydroxyl groups is 1. The quantitative estimate of drug-likeness (QED) is 0.874. The number of aromatic nitrogens is 1. The summed E-state index contributed by atoms with van der Waals surface area (Å²) in [5.41, 5.74) is 0.772. The molecule has 0 aliphatic rings. The van der Waals surface area contributed by atoms with Gasteiger partial charge in [0.1, 0.15) is 11.6 Å². The molecule has 2 nitrogen and oxygen atoms in total. The molecule has 1 aromatic heterocycles. The summed E-state index contributed by atoms with van der Waals surface area (Å²) in [6, 6.07) is 6.01. The average Bonchev–Trinajstić information content (AvgIpc) is 2.40. The summed E-state index contributed by atoms with van der Waals surface area (Å²) in [4.78, 5) is 3.87. The number of hydrogen-bond donors (Lipinski definition) is 1. The third-order valence-electron chi connectivity index (χ3n) is 2.80. The van der Waals surface area contributed by atoms with Crippen LogP contribution in [-0.2, 0) is 12.8 Å². The van der Waals surface area contributed by atoms with Gasteiger partial charge in [-0.3, -0.25) is 4.98 Å². The van der Waals surface area contributed by atoms with E-state index in [1.165, 1.54) is 12.1 Å². The lowest BCUT2D eigenvalue weighted by Crippen LogP contribution is -2.16. The number of nitrogens with zero attached hydrogens (tertiary/aromatic N) is 1. The van der Waals surface area contributed by atoms with Gasteiger partial charge < -0.3 is 5.11 Å². The average molecular weight is 328 g/mol. The van der Waals surface area contributed by atoms with Gasteiger partial charge in [0, 0.05) is 24.4 Å². The second-order valence-electron chi connectivity index (χ2n) is 4.24. The maximum absolute atomic E-state index is 13.8. The van der Waals surface area contributed by atoms with Crippen molar-refractivity contribution < 1.29 is 13.9 Å². The SMILES string of the molecule is OC(Cc1ccncc1)Cc1c(F)ccc(Br)c1F. The molecular formula is C14H12BrF2NO. The Balaban J connectivity index is 2.11. The first-order chi connectivity index (χ1) is 9.08. The van der Waals surface area contributed by atoms with E-state index in [9.17, 15) is 13.9 Å². The van der Waals surface area contributed by atoms with Crippen molar-refractivity contribution in [3.63, 3.8) is 0 Å². The Morgan fingerprint density at radius 2 is 1.79 bits per heavy atom. The highest BCUT2D eigenvalue weighted by Gasteiger charge is 2.16. The summed E-state index contributed by atoms with van der Waals surface area (Å²) in [5.74, 6) is -1.30. The van der Waals surface area contributed by atoms with Gasteiger partial charge in [0.05, 0.1) is 10.6 Å². The molecule has 1 N–H and O–H groups in total. The minimum atomic E-state index is -0.847. The highest BCUT2D eigenvalue weighted by Crippen LogP contribution is 2.23. The third-order valence-corrected chi connectivity index (χ3v) is 3.41.